The number of carbonyl (C=O) groups is 1. The topological polar surface area (TPSA) is 58.4 Å². The van der Waals surface area contributed by atoms with E-state index >= 15 is 0 Å². The van der Waals surface area contributed by atoms with Gasteiger partial charge in [-0.1, -0.05) is 6.07 Å². The number of nitrogens with one attached hydrogen (secondary N) is 1. The van der Waals surface area contributed by atoms with Gasteiger partial charge in [0.25, 0.3) is 0 Å². The normalized spacial score (nSPS) is 12.4. The third-order valence-corrected chi connectivity index (χ3v) is 3.37. The largest absolute Gasteiger partial charge is 0.344 e. The quantitative estimate of drug-likeness (QED) is 0.725. The Kier molecular flexibility index (Phi) is 5.45. The van der Waals surface area contributed by atoms with Gasteiger partial charge >= 0.3 is 0 Å². The number of nitrogens with two attached hydrogens (primary N) is 1. The Labute approximate surface area is 100 Å². The SMILES string of the molecule is CNCCCN(C)C(=O)C(N)c1cccs1. The lowest BCUT2D eigenvalue weighted by molar-refractivity contribution is -0.131. The molecule has 3 N–H and O–H groups in total. The van der Waals surface area contributed by atoms with E-state index in [1.807, 2.05) is 24.6 Å². The van der Waals surface area contributed by atoms with E-state index in [0.717, 1.165) is 24.4 Å². The van der Waals surface area contributed by atoms with Crippen molar-refractivity contribution in [1.82, 2.24) is 10.2 Å². The highest BCUT2D eigenvalue weighted by molar-refractivity contribution is 7.10. The van der Waals surface area contributed by atoms with Gasteiger partial charge in [-0.15, -0.1) is 11.3 Å². The van der Waals surface area contributed by atoms with Crippen molar-refractivity contribution in [3.05, 3.63) is 22.4 Å². The fourth-order valence-electron chi connectivity index (χ4n) is 1.43. The number of thiophene rings is 1. The lowest BCUT2D eigenvalue weighted by Crippen LogP contribution is -2.36. The van der Waals surface area contributed by atoms with Gasteiger partial charge in [0, 0.05) is 18.5 Å². The first kappa shape index (κ1) is 13.2. The molecular weight excluding hydrogens is 222 g/mol. The molecule has 90 valence electrons. The predicted molar refractivity (Wildman–Crippen MR) is 67.4 cm³/mol. The van der Waals surface area contributed by atoms with Gasteiger partial charge in [0.1, 0.15) is 6.04 Å². The molecule has 0 aliphatic heterocycles. The first-order valence-corrected chi connectivity index (χ1v) is 6.23. The van der Waals surface area contributed by atoms with Crippen LogP contribution >= 0.6 is 11.3 Å². The number of hydrogen-bond acceptors (Lipinski definition) is 4. The molecule has 0 aliphatic rings. The first-order chi connectivity index (χ1) is 7.66. The lowest BCUT2D eigenvalue weighted by atomic mass is 10.2. The van der Waals surface area contributed by atoms with Crippen LogP contribution in [0.5, 0.6) is 0 Å². The summed E-state index contributed by atoms with van der Waals surface area (Å²) < 4.78 is 0. The second kappa shape index (κ2) is 6.62. The van der Waals surface area contributed by atoms with Crippen LogP contribution in [0, 0.1) is 0 Å². The molecule has 0 aliphatic carbocycles. The number of hydrogen-bond donors (Lipinski definition) is 2. The smallest absolute Gasteiger partial charge is 0.244 e. The summed E-state index contributed by atoms with van der Waals surface area (Å²) in [6.07, 6.45) is 0.940. The zero-order valence-electron chi connectivity index (χ0n) is 9.77. The van der Waals surface area contributed by atoms with Gasteiger partial charge in [-0.05, 0) is 31.5 Å². The molecular formula is C11H19N3OS. The van der Waals surface area contributed by atoms with Crippen molar-refractivity contribution >= 4 is 17.2 Å². The average molecular weight is 241 g/mol. The first-order valence-electron chi connectivity index (χ1n) is 5.35. The number of amides is 1. The van der Waals surface area contributed by atoms with Crippen LogP contribution in [0.15, 0.2) is 17.5 Å². The highest BCUT2D eigenvalue weighted by Crippen LogP contribution is 2.18. The summed E-state index contributed by atoms with van der Waals surface area (Å²) in [7, 11) is 3.70. The Morgan fingerprint density at radius 1 is 1.69 bits per heavy atom. The van der Waals surface area contributed by atoms with Crippen molar-refractivity contribution in [2.75, 3.05) is 27.2 Å². The van der Waals surface area contributed by atoms with Gasteiger partial charge in [-0.25, -0.2) is 0 Å². The average Bonchev–Trinajstić information content (AvgIpc) is 2.80. The van der Waals surface area contributed by atoms with Crippen LogP contribution in [0.4, 0.5) is 0 Å². The molecule has 1 heterocycles. The van der Waals surface area contributed by atoms with Gasteiger partial charge < -0.3 is 16.0 Å². The standard InChI is InChI=1S/C11H19N3OS/c1-13-6-4-7-14(2)11(15)10(12)9-5-3-8-16-9/h3,5,8,10,13H,4,6-7,12H2,1-2H3. The Morgan fingerprint density at radius 3 is 3.00 bits per heavy atom. The van der Waals surface area contributed by atoms with E-state index in [4.69, 9.17) is 5.73 Å². The fourth-order valence-corrected chi connectivity index (χ4v) is 2.15. The van der Waals surface area contributed by atoms with Crippen molar-refractivity contribution in [2.24, 2.45) is 5.73 Å². The van der Waals surface area contributed by atoms with Gasteiger partial charge in [0.2, 0.25) is 5.91 Å². The van der Waals surface area contributed by atoms with Gasteiger partial charge in [0.05, 0.1) is 0 Å². The third kappa shape index (κ3) is 3.59. The molecule has 1 atom stereocenters. The molecule has 0 aromatic carbocycles. The molecule has 0 bridgehead atoms. The molecule has 0 spiro atoms. The molecule has 1 unspecified atom stereocenters. The molecule has 1 amide bonds. The van der Waals surface area contributed by atoms with Crippen LogP contribution in [0.25, 0.3) is 0 Å². The van der Waals surface area contributed by atoms with E-state index in [2.05, 4.69) is 5.32 Å². The van der Waals surface area contributed by atoms with E-state index in [1.165, 1.54) is 11.3 Å². The van der Waals surface area contributed by atoms with Crippen molar-refractivity contribution in [3.63, 3.8) is 0 Å². The summed E-state index contributed by atoms with van der Waals surface area (Å²) in [4.78, 5) is 14.5. The number of nitrogens with zero attached hydrogens (tertiary/aromatic N) is 1. The van der Waals surface area contributed by atoms with Crippen molar-refractivity contribution < 1.29 is 4.79 Å². The van der Waals surface area contributed by atoms with Crippen molar-refractivity contribution in [3.8, 4) is 0 Å². The molecule has 0 saturated heterocycles. The van der Waals surface area contributed by atoms with E-state index in [0.29, 0.717) is 0 Å². The van der Waals surface area contributed by atoms with Gasteiger partial charge in [-0.3, -0.25) is 4.79 Å². The molecule has 4 nitrogen and oxygen atoms in total. The minimum Gasteiger partial charge on any atom is -0.344 e. The van der Waals surface area contributed by atoms with Crippen LogP contribution in [0.1, 0.15) is 17.3 Å². The summed E-state index contributed by atoms with van der Waals surface area (Å²) >= 11 is 1.52. The monoisotopic (exact) mass is 241 g/mol. The Hall–Kier alpha value is -0.910. The predicted octanol–water partition coefficient (Wildman–Crippen LogP) is 0.816. The van der Waals surface area contributed by atoms with Gasteiger partial charge in [0.15, 0.2) is 0 Å². The number of rotatable bonds is 6. The van der Waals surface area contributed by atoms with Crippen LogP contribution < -0.4 is 11.1 Å². The highest BCUT2D eigenvalue weighted by Gasteiger charge is 2.19. The maximum absolute atomic E-state index is 11.9. The molecule has 0 fully saturated rings. The third-order valence-electron chi connectivity index (χ3n) is 2.41. The van der Waals surface area contributed by atoms with E-state index in [-0.39, 0.29) is 5.91 Å². The zero-order chi connectivity index (χ0) is 12.0. The van der Waals surface area contributed by atoms with E-state index < -0.39 is 6.04 Å². The molecule has 16 heavy (non-hydrogen) atoms. The molecule has 5 heteroatoms. The fraction of sp³-hybridized carbons (Fsp3) is 0.545. The minimum absolute atomic E-state index is 0.0152. The summed E-state index contributed by atoms with van der Waals surface area (Å²) in [5.41, 5.74) is 5.89. The Morgan fingerprint density at radius 2 is 2.44 bits per heavy atom. The van der Waals surface area contributed by atoms with E-state index in [9.17, 15) is 4.79 Å². The molecule has 1 aromatic heterocycles. The molecule has 0 radical (unpaired) electrons. The lowest BCUT2D eigenvalue weighted by Gasteiger charge is -2.20. The van der Waals surface area contributed by atoms with Crippen LogP contribution in [0.2, 0.25) is 0 Å². The maximum atomic E-state index is 11.9. The van der Waals surface area contributed by atoms with Crippen LogP contribution in [-0.2, 0) is 4.79 Å². The summed E-state index contributed by atoms with van der Waals surface area (Å²) in [5, 5.41) is 4.99. The maximum Gasteiger partial charge on any atom is 0.244 e. The van der Waals surface area contributed by atoms with Crippen molar-refractivity contribution in [2.45, 2.75) is 12.5 Å². The van der Waals surface area contributed by atoms with E-state index in [1.54, 1.807) is 11.9 Å². The minimum atomic E-state index is -0.514. The number of likely N-dealkylation sites (N-methyl/N-ethyl adjacent to an activating group) is 1. The number of carbonyl (C=O) groups excluding carboxylic acids is 1. The second-order valence-electron chi connectivity index (χ2n) is 3.71. The van der Waals surface area contributed by atoms with Crippen molar-refractivity contribution in [1.29, 1.82) is 0 Å². The summed E-state index contributed by atoms with van der Waals surface area (Å²) in [6.45, 7) is 1.64. The molecule has 0 saturated carbocycles. The van der Waals surface area contributed by atoms with Crippen LogP contribution in [-0.4, -0.2) is 38.0 Å². The highest BCUT2D eigenvalue weighted by atomic mass is 32.1. The van der Waals surface area contributed by atoms with Gasteiger partial charge in [-0.2, -0.15) is 0 Å². The Bertz CT molecular complexity index is 313. The van der Waals surface area contributed by atoms with Crippen LogP contribution in [0.3, 0.4) is 0 Å². The zero-order valence-corrected chi connectivity index (χ0v) is 10.6. The summed E-state index contributed by atoms with van der Waals surface area (Å²) in [5.74, 6) is -0.0152. The Balaban J connectivity index is 2.44. The molecule has 1 aromatic rings. The summed E-state index contributed by atoms with van der Waals surface area (Å²) in [6, 6.07) is 3.29. The molecule has 1 rings (SSSR count). The second-order valence-corrected chi connectivity index (χ2v) is 4.69.